The summed E-state index contributed by atoms with van der Waals surface area (Å²) >= 11 is 0. The quantitative estimate of drug-likeness (QED) is 0.794. The molecule has 1 aromatic rings. The number of likely N-dealkylation sites (tertiary alicyclic amines) is 2. The van der Waals surface area contributed by atoms with E-state index in [2.05, 4.69) is 11.9 Å². The van der Waals surface area contributed by atoms with Gasteiger partial charge in [0.15, 0.2) is 11.5 Å². The van der Waals surface area contributed by atoms with Gasteiger partial charge in [0.1, 0.15) is 0 Å². The van der Waals surface area contributed by atoms with Gasteiger partial charge in [0.05, 0.1) is 20.1 Å². The lowest BCUT2D eigenvalue weighted by Crippen LogP contribution is -2.35. The maximum atomic E-state index is 12.5. The Labute approximate surface area is 150 Å². The summed E-state index contributed by atoms with van der Waals surface area (Å²) in [5, 5.41) is 0. The molecule has 1 unspecified atom stereocenters. The fourth-order valence-corrected chi connectivity index (χ4v) is 4.04. The van der Waals surface area contributed by atoms with Gasteiger partial charge in [0.2, 0.25) is 5.91 Å². The van der Waals surface area contributed by atoms with Crippen LogP contribution < -0.4 is 9.47 Å². The molecule has 25 heavy (non-hydrogen) atoms. The Morgan fingerprint density at radius 3 is 2.48 bits per heavy atom. The van der Waals surface area contributed by atoms with Crippen LogP contribution in [0.5, 0.6) is 11.5 Å². The van der Waals surface area contributed by atoms with E-state index in [9.17, 15) is 4.79 Å². The smallest absolute Gasteiger partial charge is 0.226 e. The minimum Gasteiger partial charge on any atom is -0.493 e. The highest BCUT2D eigenvalue weighted by Crippen LogP contribution is 2.32. The molecule has 2 saturated heterocycles. The van der Waals surface area contributed by atoms with Gasteiger partial charge in [0, 0.05) is 13.1 Å². The van der Waals surface area contributed by atoms with Gasteiger partial charge < -0.3 is 19.3 Å². The van der Waals surface area contributed by atoms with E-state index in [4.69, 9.17) is 9.47 Å². The van der Waals surface area contributed by atoms with E-state index < -0.39 is 0 Å². The van der Waals surface area contributed by atoms with Gasteiger partial charge >= 0.3 is 0 Å². The zero-order valence-electron chi connectivity index (χ0n) is 15.4. The molecule has 2 aliphatic heterocycles. The predicted molar refractivity (Wildman–Crippen MR) is 98.0 cm³/mol. The number of ether oxygens (including phenoxy) is 2. The van der Waals surface area contributed by atoms with Gasteiger partial charge in [-0.3, -0.25) is 4.79 Å². The number of piperidine rings is 1. The monoisotopic (exact) mass is 346 g/mol. The van der Waals surface area contributed by atoms with Gasteiger partial charge in [-0.25, -0.2) is 0 Å². The van der Waals surface area contributed by atoms with E-state index in [1.165, 1.54) is 25.9 Å². The van der Waals surface area contributed by atoms with Crippen molar-refractivity contribution in [3.63, 3.8) is 0 Å². The molecule has 1 aromatic carbocycles. The third-order valence-electron chi connectivity index (χ3n) is 5.65. The van der Waals surface area contributed by atoms with Crippen LogP contribution >= 0.6 is 0 Å². The highest BCUT2D eigenvalue weighted by molar-refractivity contribution is 5.76. The maximum absolute atomic E-state index is 12.5. The van der Waals surface area contributed by atoms with Gasteiger partial charge in [-0.05, 0) is 63.4 Å². The molecular formula is C20H30N2O3. The van der Waals surface area contributed by atoms with Crippen LogP contribution in [0.4, 0.5) is 0 Å². The van der Waals surface area contributed by atoms with Crippen LogP contribution in [0.15, 0.2) is 24.3 Å². The van der Waals surface area contributed by atoms with Crippen LogP contribution in [-0.2, 0) is 4.79 Å². The van der Waals surface area contributed by atoms with Crippen molar-refractivity contribution in [3.8, 4) is 11.5 Å². The third kappa shape index (κ3) is 4.66. The standard InChI is InChI=1S/C20H30N2O3/c1-21-11-7-16(8-12-21)17-9-13-22(15-17)20(23)10-14-25-19-6-4-3-5-18(19)24-2/h3-6,16-17H,7-15H2,1-2H3. The number of rotatable bonds is 6. The van der Waals surface area contributed by atoms with Crippen LogP contribution in [0.2, 0.25) is 0 Å². The van der Waals surface area contributed by atoms with Crippen LogP contribution in [0.3, 0.4) is 0 Å². The number of nitrogens with zero attached hydrogens (tertiary/aromatic N) is 2. The molecule has 0 N–H and O–H groups in total. The average Bonchev–Trinajstić information content (AvgIpc) is 3.13. The number of hydrogen-bond donors (Lipinski definition) is 0. The first-order valence-electron chi connectivity index (χ1n) is 9.39. The van der Waals surface area contributed by atoms with E-state index in [-0.39, 0.29) is 5.91 Å². The zero-order chi connectivity index (χ0) is 17.6. The maximum Gasteiger partial charge on any atom is 0.226 e. The number of benzene rings is 1. The minimum atomic E-state index is 0.213. The Bertz CT molecular complexity index is 570. The first-order chi connectivity index (χ1) is 12.2. The Hall–Kier alpha value is -1.75. The second-order valence-electron chi connectivity index (χ2n) is 7.28. The van der Waals surface area contributed by atoms with Crippen molar-refractivity contribution in [2.24, 2.45) is 11.8 Å². The summed E-state index contributed by atoms with van der Waals surface area (Å²) in [4.78, 5) is 16.9. The minimum absolute atomic E-state index is 0.213. The fraction of sp³-hybridized carbons (Fsp3) is 0.650. The molecule has 0 aromatic heterocycles. The van der Waals surface area contributed by atoms with Crippen molar-refractivity contribution in [2.45, 2.75) is 25.7 Å². The number of hydrogen-bond acceptors (Lipinski definition) is 4. The molecule has 3 rings (SSSR count). The molecule has 0 bridgehead atoms. The normalized spacial score (nSPS) is 22.2. The average molecular weight is 346 g/mol. The molecule has 2 aliphatic rings. The molecule has 5 heteroatoms. The predicted octanol–water partition coefficient (Wildman–Crippen LogP) is 2.65. The van der Waals surface area contributed by atoms with Crippen molar-refractivity contribution >= 4 is 5.91 Å². The molecule has 2 heterocycles. The SMILES string of the molecule is COc1ccccc1OCCC(=O)N1CCC(C2CCN(C)CC2)C1. The lowest BCUT2D eigenvalue weighted by molar-refractivity contribution is -0.130. The van der Waals surface area contributed by atoms with Gasteiger partial charge in [-0.2, -0.15) is 0 Å². The van der Waals surface area contributed by atoms with E-state index in [1.54, 1.807) is 7.11 Å². The number of carbonyl (C=O) groups is 1. The summed E-state index contributed by atoms with van der Waals surface area (Å²) in [5.74, 6) is 3.10. The lowest BCUT2D eigenvalue weighted by atomic mass is 9.84. The van der Waals surface area contributed by atoms with E-state index in [0.717, 1.165) is 25.4 Å². The summed E-state index contributed by atoms with van der Waals surface area (Å²) < 4.78 is 11.0. The molecule has 0 spiro atoms. The number of amides is 1. The fourth-order valence-electron chi connectivity index (χ4n) is 4.04. The number of carbonyl (C=O) groups excluding carboxylic acids is 1. The molecule has 0 aliphatic carbocycles. The van der Waals surface area contributed by atoms with Crippen molar-refractivity contribution < 1.29 is 14.3 Å². The van der Waals surface area contributed by atoms with Crippen molar-refractivity contribution in [1.82, 2.24) is 9.80 Å². The molecule has 0 saturated carbocycles. The van der Waals surface area contributed by atoms with Crippen LogP contribution in [0.25, 0.3) is 0 Å². The summed E-state index contributed by atoms with van der Waals surface area (Å²) in [6, 6.07) is 7.55. The topological polar surface area (TPSA) is 42.0 Å². The first-order valence-corrected chi connectivity index (χ1v) is 9.39. The van der Waals surface area contributed by atoms with E-state index >= 15 is 0 Å². The van der Waals surface area contributed by atoms with Crippen molar-refractivity contribution in [3.05, 3.63) is 24.3 Å². The van der Waals surface area contributed by atoms with Gasteiger partial charge in [-0.15, -0.1) is 0 Å². The van der Waals surface area contributed by atoms with Crippen molar-refractivity contribution in [1.29, 1.82) is 0 Å². The molecular weight excluding hydrogens is 316 g/mol. The Morgan fingerprint density at radius 1 is 1.08 bits per heavy atom. The molecule has 2 fully saturated rings. The second kappa shape index (κ2) is 8.56. The first kappa shape index (κ1) is 18.1. The zero-order valence-corrected chi connectivity index (χ0v) is 15.4. The third-order valence-corrected chi connectivity index (χ3v) is 5.65. The summed E-state index contributed by atoms with van der Waals surface area (Å²) in [6.07, 6.45) is 4.14. The summed E-state index contributed by atoms with van der Waals surface area (Å²) in [7, 11) is 3.82. The van der Waals surface area contributed by atoms with E-state index in [1.807, 2.05) is 29.2 Å². The molecule has 5 nitrogen and oxygen atoms in total. The summed E-state index contributed by atoms with van der Waals surface area (Å²) in [6.45, 7) is 4.63. The highest BCUT2D eigenvalue weighted by atomic mass is 16.5. The highest BCUT2D eigenvalue weighted by Gasteiger charge is 2.32. The Morgan fingerprint density at radius 2 is 1.76 bits per heavy atom. The van der Waals surface area contributed by atoms with Gasteiger partial charge in [-0.1, -0.05) is 12.1 Å². The largest absolute Gasteiger partial charge is 0.493 e. The summed E-state index contributed by atoms with van der Waals surface area (Å²) in [5.41, 5.74) is 0. The van der Waals surface area contributed by atoms with Crippen molar-refractivity contribution in [2.75, 3.05) is 46.9 Å². The van der Waals surface area contributed by atoms with Crippen LogP contribution in [-0.4, -0.2) is 62.7 Å². The van der Waals surface area contributed by atoms with Crippen LogP contribution in [0, 0.1) is 11.8 Å². The Balaban J connectivity index is 1.42. The van der Waals surface area contributed by atoms with E-state index in [0.29, 0.717) is 30.4 Å². The van der Waals surface area contributed by atoms with Crippen LogP contribution in [0.1, 0.15) is 25.7 Å². The Kier molecular flexibility index (Phi) is 6.19. The molecule has 1 atom stereocenters. The molecule has 1 amide bonds. The lowest BCUT2D eigenvalue weighted by Gasteiger charge is -2.32. The van der Waals surface area contributed by atoms with Gasteiger partial charge in [0.25, 0.3) is 0 Å². The molecule has 138 valence electrons. The molecule has 0 radical (unpaired) electrons. The second-order valence-corrected chi connectivity index (χ2v) is 7.28. The number of methoxy groups -OCH3 is 1. The number of para-hydroxylation sites is 2.